The summed E-state index contributed by atoms with van der Waals surface area (Å²) in [4.78, 5) is 6.82. The van der Waals surface area contributed by atoms with Gasteiger partial charge in [-0.05, 0) is 32.2 Å². The minimum Gasteiger partial charge on any atom is -0.439 e. The molecule has 0 spiro atoms. The Morgan fingerprint density at radius 2 is 2.04 bits per heavy atom. The zero-order valence-electron chi connectivity index (χ0n) is 13.4. The van der Waals surface area contributed by atoms with Crippen molar-refractivity contribution in [1.29, 1.82) is 0 Å². The normalized spacial score (nSPS) is 19.5. The van der Waals surface area contributed by atoms with Gasteiger partial charge in [-0.15, -0.1) is 24.8 Å². The van der Waals surface area contributed by atoms with Crippen LogP contribution in [0.1, 0.15) is 25.7 Å². The summed E-state index contributed by atoms with van der Waals surface area (Å²) in [5, 5.41) is 0. The van der Waals surface area contributed by atoms with Gasteiger partial charge in [-0.25, -0.2) is 4.98 Å². The second kappa shape index (κ2) is 9.28. The van der Waals surface area contributed by atoms with Crippen molar-refractivity contribution < 1.29 is 4.42 Å². The maximum Gasteiger partial charge on any atom is 0.209 e. The van der Waals surface area contributed by atoms with E-state index in [1.54, 1.807) is 0 Å². The summed E-state index contributed by atoms with van der Waals surface area (Å²) in [6.45, 7) is 5.02. The number of benzene rings is 1. The van der Waals surface area contributed by atoms with E-state index in [2.05, 4.69) is 16.8 Å². The summed E-state index contributed by atoms with van der Waals surface area (Å²) in [6, 6.07) is 10.4. The van der Waals surface area contributed by atoms with Crippen LogP contribution in [0, 0.1) is 5.92 Å². The number of hydrogen-bond acceptors (Lipinski definition) is 4. The van der Waals surface area contributed by atoms with E-state index in [1.807, 2.05) is 36.5 Å². The lowest BCUT2D eigenvalue weighted by Crippen LogP contribution is -2.41. The van der Waals surface area contributed by atoms with Crippen LogP contribution in [0.4, 0.5) is 0 Å². The molecule has 2 unspecified atom stereocenters. The average molecular weight is 358 g/mol. The molecule has 1 fully saturated rings. The van der Waals surface area contributed by atoms with E-state index in [4.69, 9.17) is 10.2 Å². The predicted molar refractivity (Wildman–Crippen MR) is 98.1 cm³/mol. The third-order valence-corrected chi connectivity index (χ3v) is 4.26. The highest BCUT2D eigenvalue weighted by Crippen LogP contribution is 2.23. The smallest absolute Gasteiger partial charge is 0.209 e. The number of halogens is 2. The first-order valence-electron chi connectivity index (χ1n) is 7.70. The lowest BCUT2D eigenvalue weighted by Gasteiger charge is -2.33. The maximum absolute atomic E-state index is 6.04. The Kier molecular flexibility index (Phi) is 8.06. The van der Waals surface area contributed by atoms with E-state index in [-0.39, 0.29) is 30.9 Å². The Labute approximate surface area is 150 Å². The molecular formula is C17H25Cl2N3O. The van der Waals surface area contributed by atoms with Crippen molar-refractivity contribution in [1.82, 2.24) is 9.88 Å². The summed E-state index contributed by atoms with van der Waals surface area (Å²) in [6.07, 6.45) is 4.26. The van der Waals surface area contributed by atoms with Crippen LogP contribution in [0.3, 0.4) is 0 Å². The molecule has 1 saturated heterocycles. The average Bonchev–Trinajstić information content (AvgIpc) is 2.97. The van der Waals surface area contributed by atoms with Gasteiger partial charge < -0.3 is 10.2 Å². The molecule has 0 amide bonds. The molecule has 4 nitrogen and oxygen atoms in total. The Hall–Kier alpha value is -1.07. The van der Waals surface area contributed by atoms with Crippen LogP contribution in [-0.4, -0.2) is 29.0 Å². The van der Waals surface area contributed by atoms with Gasteiger partial charge in [0, 0.05) is 18.2 Å². The Morgan fingerprint density at radius 1 is 1.30 bits per heavy atom. The molecule has 6 heteroatoms. The molecule has 2 aromatic rings. The van der Waals surface area contributed by atoms with Crippen LogP contribution in [-0.2, 0) is 6.54 Å². The lowest BCUT2D eigenvalue weighted by atomic mass is 9.92. The number of nitrogens with zero attached hydrogens (tertiary/aromatic N) is 2. The fourth-order valence-corrected chi connectivity index (χ4v) is 2.97. The molecule has 1 aromatic carbocycles. The standard InChI is InChI=1S/C17H23N3O.2ClH/c1-13(18)15-8-5-9-20(11-15)12-17-19-10-16(21-17)14-6-3-2-4-7-14;;/h2-4,6-7,10,13,15H,5,8-9,11-12,18H2,1H3;2*1H. The van der Waals surface area contributed by atoms with Gasteiger partial charge in [-0.3, -0.25) is 4.90 Å². The molecule has 2 heterocycles. The lowest BCUT2D eigenvalue weighted by molar-refractivity contribution is 0.143. The van der Waals surface area contributed by atoms with Crippen molar-refractivity contribution in [3.8, 4) is 11.3 Å². The van der Waals surface area contributed by atoms with Crippen LogP contribution >= 0.6 is 24.8 Å². The van der Waals surface area contributed by atoms with Gasteiger partial charge in [0.25, 0.3) is 0 Å². The van der Waals surface area contributed by atoms with E-state index >= 15 is 0 Å². The maximum atomic E-state index is 6.04. The number of nitrogens with two attached hydrogens (primary N) is 1. The fourth-order valence-electron chi connectivity index (χ4n) is 2.97. The fraction of sp³-hybridized carbons (Fsp3) is 0.471. The number of rotatable bonds is 4. The molecular weight excluding hydrogens is 333 g/mol. The van der Waals surface area contributed by atoms with Crippen LogP contribution in [0.25, 0.3) is 11.3 Å². The Morgan fingerprint density at radius 3 is 2.74 bits per heavy atom. The van der Waals surface area contributed by atoms with E-state index in [1.165, 1.54) is 12.8 Å². The topological polar surface area (TPSA) is 55.3 Å². The number of piperidine rings is 1. The molecule has 128 valence electrons. The number of likely N-dealkylation sites (tertiary alicyclic amines) is 1. The van der Waals surface area contributed by atoms with Gasteiger partial charge in [0.2, 0.25) is 5.89 Å². The molecule has 0 saturated carbocycles. The van der Waals surface area contributed by atoms with E-state index < -0.39 is 0 Å². The first kappa shape index (κ1) is 20.0. The van der Waals surface area contributed by atoms with Crippen LogP contribution in [0.15, 0.2) is 40.9 Å². The molecule has 1 aliphatic heterocycles. The largest absolute Gasteiger partial charge is 0.439 e. The van der Waals surface area contributed by atoms with Crippen LogP contribution < -0.4 is 5.73 Å². The summed E-state index contributed by atoms with van der Waals surface area (Å²) < 4.78 is 5.88. The molecule has 3 rings (SSSR count). The Balaban J connectivity index is 0.00000132. The highest BCUT2D eigenvalue weighted by Gasteiger charge is 2.23. The predicted octanol–water partition coefficient (Wildman–Crippen LogP) is 3.74. The van der Waals surface area contributed by atoms with E-state index in [0.717, 1.165) is 36.8 Å². The zero-order chi connectivity index (χ0) is 14.7. The molecule has 0 aliphatic carbocycles. The van der Waals surface area contributed by atoms with Gasteiger partial charge in [-0.1, -0.05) is 30.3 Å². The number of oxazole rings is 1. The summed E-state index contributed by atoms with van der Waals surface area (Å²) in [5.41, 5.74) is 7.11. The number of hydrogen-bond donors (Lipinski definition) is 1. The van der Waals surface area contributed by atoms with Crippen molar-refractivity contribution in [2.45, 2.75) is 32.4 Å². The summed E-state index contributed by atoms with van der Waals surface area (Å²) in [7, 11) is 0. The molecule has 23 heavy (non-hydrogen) atoms. The molecule has 1 aliphatic rings. The van der Waals surface area contributed by atoms with Gasteiger partial charge in [0.05, 0.1) is 12.7 Å². The monoisotopic (exact) mass is 357 g/mol. The van der Waals surface area contributed by atoms with Gasteiger partial charge >= 0.3 is 0 Å². The van der Waals surface area contributed by atoms with Gasteiger partial charge in [0.1, 0.15) is 0 Å². The molecule has 1 aromatic heterocycles. The van der Waals surface area contributed by atoms with E-state index in [9.17, 15) is 0 Å². The molecule has 2 N–H and O–H groups in total. The number of aromatic nitrogens is 1. The minimum atomic E-state index is 0. The zero-order valence-corrected chi connectivity index (χ0v) is 15.0. The van der Waals surface area contributed by atoms with Crippen molar-refractivity contribution in [3.05, 3.63) is 42.4 Å². The van der Waals surface area contributed by atoms with Crippen molar-refractivity contribution in [2.24, 2.45) is 11.7 Å². The minimum absolute atomic E-state index is 0. The highest BCUT2D eigenvalue weighted by atomic mass is 35.5. The van der Waals surface area contributed by atoms with Gasteiger partial charge in [-0.2, -0.15) is 0 Å². The Bertz CT molecular complexity index is 574. The van der Waals surface area contributed by atoms with Crippen molar-refractivity contribution >= 4 is 24.8 Å². The molecule has 2 atom stereocenters. The van der Waals surface area contributed by atoms with Crippen molar-refractivity contribution in [3.63, 3.8) is 0 Å². The quantitative estimate of drug-likeness (QED) is 0.905. The summed E-state index contributed by atoms with van der Waals surface area (Å²) in [5.74, 6) is 2.22. The van der Waals surface area contributed by atoms with Crippen LogP contribution in [0.5, 0.6) is 0 Å². The molecule has 0 radical (unpaired) electrons. The first-order valence-corrected chi connectivity index (χ1v) is 7.70. The third kappa shape index (κ3) is 5.21. The van der Waals surface area contributed by atoms with Gasteiger partial charge in [0.15, 0.2) is 5.76 Å². The second-order valence-electron chi connectivity index (χ2n) is 5.98. The van der Waals surface area contributed by atoms with Crippen LogP contribution in [0.2, 0.25) is 0 Å². The second-order valence-corrected chi connectivity index (χ2v) is 5.98. The third-order valence-electron chi connectivity index (χ3n) is 4.26. The summed E-state index contributed by atoms with van der Waals surface area (Å²) >= 11 is 0. The van der Waals surface area contributed by atoms with E-state index in [0.29, 0.717) is 5.92 Å². The first-order chi connectivity index (χ1) is 10.2. The van der Waals surface area contributed by atoms with Crippen molar-refractivity contribution in [2.75, 3.05) is 13.1 Å². The molecule has 0 bridgehead atoms. The SMILES string of the molecule is CC(N)C1CCCN(Cc2ncc(-c3ccccc3)o2)C1.Cl.Cl. The highest BCUT2D eigenvalue weighted by molar-refractivity contribution is 5.85.